The van der Waals surface area contributed by atoms with E-state index in [0.29, 0.717) is 22.9 Å². The van der Waals surface area contributed by atoms with Gasteiger partial charge < -0.3 is 10.2 Å². The van der Waals surface area contributed by atoms with Crippen LogP contribution < -0.4 is 10.2 Å². The minimum Gasteiger partial charge on any atom is -0.325 e. The first-order valence-corrected chi connectivity index (χ1v) is 9.23. The summed E-state index contributed by atoms with van der Waals surface area (Å²) in [6.07, 6.45) is 0.172. The van der Waals surface area contributed by atoms with E-state index in [1.165, 1.54) is 0 Å². The van der Waals surface area contributed by atoms with Crippen molar-refractivity contribution < 1.29 is 9.59 Å². The van der Waals surface area contributed by atoms with Crippen LogP contribution in [0, 0.1) is 5.92 Å². The lowest BCUT2D eigenvalue weighted by atomic mass is 10.1. The van der Waals surface area contributed by atoms with Gasteiger partial charge in [0.15, 0.2) is 0 Å². The second-order valence-corrected chi connectivity index (χ2v) is 7.65. The average molecular weight is 473 g/mol. The molecule has 1 atom stereocenters. The molecule has 124 valence electrons. The fraction of sp³-hybridized carbons (Fsp3) is 0.176. The predicted molar refractivity (Wildman–Crippen MR) is 102 cm³/mol. The lowest BCUT2D eigenvalue weighted by Gasteiger charge is -2.18. The monoisotopic (exact) mass is 470 g/mol. The van der Waals surface area contributed by atoms with Crippen molar-refractivity contribution in [3.63, 3.8) is 0 Å². The maximum Gasteiger partial charge on any atom is 0.229 e. The molecule has 0 aromatic heterocycles. The normalized spacial score (nSPS) is 17.2. The zero-order valence-corrected chi connectivity index (χ0v) is 16.4. The first-order chi connectivity index (χ1) is 11.5. The summed E-state index contributed by atoms with van der Waals surface area (Å²) in [5, 5.41) is 3.37. The molecule has 0 saturated carbocycles. The molecule has 1 unspecified atom stereocenters. The molecule has 2 amide bonds. The van der Waals surface area contributed by atoms with E-state index >= 15 is 0 Å². The molecule has 0 radical (unpaired) electrons. The van der Waals surface area contributed by atoms with Gasteiger partial charge in [0, 0.05) is 21.9 Å². The lowest BCUT2D eigenvalue weighted by Crippen LogP contribution is -2.28. The van der Waals surface area contributed by atoms with Crippen molar-refractivity contribution in [1.29, 1.82) is 0 Å². The van der Waals surface area contributed by atoms with E-state index in [4.69, 9.17) is 11.6 Å². The number of anilines is 2. The van der Waals surface area contributed by atoms with Gasteiger partial charge >= 0.3 is 0 Å². The number of halogens is 3. The molecule has 1 aliphatic rings. The Balaban J connectivity index is 1.73. The number of para-hydroxylation sites is 1. The molecule has 2 aromatic carbocycles. The summed E-state index contributed by atoms with van der Waals surface area (Å²) in [6.45, 7) is 0.322. The Bertz CT molecular complexity index is 813. The Hall–Kier alpha value is -1.37. The third-order valence-electron chi connectivity index (χ3n) is 3.83. The van der Waals surface area contributed by atoms with Crippen LogP contribution in [0.15, 0.2) is 51.4 Å². The summed E-state index contributed by atoms with van der Waals surface area (Å²) in [5.74, 6) is -0.691. The van der Waals surface area contributed by atoms with Gasteiger partial charge in [-0.15, -0.1) is 0 Å². The number of amides is 2. The van der Waals surface area contributed by atoms with Gasteiger partial charge in [-0.05, 0) is 46.3 Å². The Morgan fingerprint density at radius 1 is 1.21 bits per heavy atom. The molecule has 1 heterocycles. The second-order valence-electron chi connectivity index (χ2n) is 5.47. The smallest absolute Gasteiger partial charge is 0.229 e. The Kier molecular flexibility index (Phi) is 5.27. The summed E-state index contributed by atoms with van der Waals surface area (Å²) in [6, 6.07) is 12.6. The first kappa shape index (κ1) is 17.5. The van der Waals surface area contributed by atoms with Gasteiger partial charge in [0.05, 0.1) is 22.3 Å². The predicted octanol–water partition coefficient (Wildman–Crippen LogP) is 4.86. The Morgan fingerprint density at radius 3 is 2.67 bits per heavy atom. The number of nitrogens with zero attached hydrogens (tertiary/aromatic N) is 1. The minimum atomic E-state index is -0.413. The molecular weight excluding hydrogens is 459 g/mol. The zero-order valence-electron chi connectivity index (χ0n) is 12.4. The molecule has 7 heteroatoms. The van der Waals surface area contributed by atoms with E-state index in [-0.39, 0.29) is 18.2 Å². The quantitative estimate of drug-likeness (QED) is 0.694. The highest BCUT2D eigenvalue weighted by atomic mass is 79.9. The van der Waals surface area contributed by atoms with Crippen molar-refractivity contribution in [2.75, 3.05) is 16.8 Å². The molecule has 0 aliphatic carbocycles. The maximum atomic E-state index is 12.5. The Morgan fingerprint density at radius 2 is 1.96 bits per heavy atom. The van der Waals surface area contributed by atoms with Gasteiger partial charge in [-0.2, -0.15) is 0 Å². The summed E-state index contributed by atoms with van der Waals surface area (Å²) >= 11 is 12.9. The minimum absolute atomic E-state index is 0.0990. The lowest BCUT2D eigenvalue weighted by molar-refractivity contribution is -0.122. The highest BCUT2D eigenvalue weighted by Crippen LogP contribution is 2.32. The fourth-order valence-electron chi connectivity index (χ4n) is 2.61. The summed E-state index contributed by atoms with van der Waals surface area (Å²) in [4.78, 5) is 26.4. The van der Waals surface area contributed by atoms with E-state index < -0.39 is 5.92 Å². The van der Waals surface area contributed by atoms with E-state index in [2.05, 4.69) is 37.2 Å². The van der Waals surface area contributed by atoms with E-state index in [0.717, 1.165) is 8.95 Å². The van der Waals surface area contributed by atoms with Gasteiger partial charge in [0.25, 0.3) is 0 Å². The number of benzene rings is 2. The zero-order chi connectivity index (χ0) is 17.3. The summed E-state index contributed by atoms with van der Waals surface area (Å²) < 4.78 is 1.69. The van der Waals surface area contributed by atoms with Crippen LogP contribution in [-0.2, 0) is 9.59 Å². The number of hydrogen-bond acceptors (Lipinski definition) is 2. The summed E-state index contributed by atoms with van der Waals surface area (Å²) in [7, 11) is 0. The molecule has 3 rings (SSSR count). The van der Waals surface area contributed by atoms with Crippen LogP contribution in [-0.4, -0.2) is 18.4 Å². The molecule has 1 fully saturated rings. The molecule has 0 bridgehead atoms. The molecule has 2 aromatic rings. The van der Waals surface area contributed by atoms with Crippen molar-refractivity contribution in [2.24, 2.45) is 5.92 Å². The Labute approximate surface area is 161 Å². The molecule has 24 heavy (non-hydrogen) atoms. The highest BCUT2D eigenvalue weighted by Gasteiger charge is 2.36. The van der Waals surface area contributed by atoms with Crippen molar-refractivity contribution in [3.05, 3.63) is 56.4 Å². The van der Waals surface area contributed by atoms with Gasteiger partial charge in [-0.1, -0.05) is 39.7 Å². The summed E-state index contributed by atoms with van der Waals surface area (Å²) in [5.41, 5.74) is 1.32. The second kappa shape index (κ2) is 7.25. The van der Waals surface area contributed by atoms with Gasteiger partial charge in [-0.25, -0.2) is 0 Å². The molecular formula is C17H13Br2ClN2O2. The number of carbonyl (C=O) groups is 2. The molecule has 4 nitrogen and oxygen atoms in total. The van der Waals surface area contributed by atoms with Crippen molar-refractivity contribution in [3.8, 4) is 0 Å². The van der Waals surface area contributed by atoms with Crippen LogP contribution in [0.25, 0.3) is 0 Å². The van der Waals surface area contributed by atoms with Crippen LogP contribution in [0.2, 0.25) is 5.02 Å². The highest BCUT2D eigenvalue weighted by molar-refractivity contribution is 9.11. The molecule has 1 N–H and O–H groups in total. The third-order valence-corrected chi connectivity index (χ3v) is 5.30. The number of rotatable bonds is 3. The largest absolute Gasteiger partial charge is 0.325 e. The van der Waals surface area contributed by atoms with Crippen molar-refractivity contribution in [2.45, 2.75) is 6.42 Å². The van der Waals surface area contributed by atoms with Gasteiger partial charge in [0.1, 0.15) is 0 Å². The third kappa shape index (κ3) is 3.66. The number of nitrogens with one attached hydrogen (secondary N) is 1. The van der Waals surface area contributed by atoms with Crippen molar-refractivity contribution in [1.82, 2.24) is 0 Å². The van der Waals surface area contributed by atoms with E-state index in [1.54, 1.807) is 23.1 Å². The number of carbonyl (C=O) groups excluding carboxylic acids is 2. The fourth-order valence-corrected chi connectivity index (χ4v) is 4.00. The topological polar surface area (TPSA) is 49.4 Å². The van der Waals surface area contributed by atoms with E-state index in [1.807, 2.05) is 24.3 Å². The maximum absolute atomic E-state index is 12.5. The van der Waals surface area contributed by atoms with Crippen molar-refractivity contribution >= 4 is 66.6 Å². The van der Waals surface area contributed by atoms with Crippen LogP contribution in [0.5, 0.6) is 0 Å². The molecule has 0 spiro atoms. The van der Waals surface area contributed by atoms with Crippen LogP contribution in [0.1, 0.15) is 6.42 Å². The van der Waals surface area contributed by atoms with Crippen LogP contribution in [0.4, 0.5) is 11.4 Å². The van der Waals surface area contributed by atoms with Crippen LogP contribution in [0.3, 0.4) is 0 Å². The average Bonchev–Trinajstić information content (AvgIpc) is 2.92. The first-order valence-electron chi connectivity index (χ1n) is 7.26. The van der Waals surface area contributed by atoms with Gasteiger partial charge in [-0.3, -0.25) is 9.59 Å². The van der Waals surface area contributed by atoms with Crippen LogP contribution >= 0.6 is 43.5 Å². The molecule has 1 saturated heterocycles. The SMILES string of the molecule is O=C(Nc1ccc(Br)cc1Br)C1CC(=O)N(c2ccccc2Cl)C1. The standard InChI is InChI=1S/C17H13Br2ClN2O2/c18-11-5-6-14(12(19)8-11)21-17(24)10-7-16(23)22(9-10)15-4-2-1-3-13(15)20/h1-6,8,10H,7,9H2,(H,21,24). The number of hydrogen-bond donors (Lipinski definition) is 1. The van der Waals surface area contributed by atoms with E-state index in [9.17, 15) is 9.59 Å². The molecule has 1 aliphatic heterocycles. The van der Waals surface area contributed by atoms with Gasteiger partial charge in [0.2, 0.25) is 11.8 Å².